The van der Waals surface area contributed by atoms with Crippen LogP contribution in [-0.2, 0) is 0 Å². The Labute approximate surface area is 214 Å². The summed E-state index contributed by atoms with van der Waals surface area (Å²) in [6.07, 6.45) is 3.64. The van der Waals surface area contributed by atoms with E-state index in [2.05, 4.69) is 36.3 Å². The zero-order valence-electron chi connectivity index (χ0n) is 20.6. The number of amides is 2. The van der Waals surface area contributed by atoms with Crippen LogP contribution in [0.4, 0.5) is 0 Å². The van der Waals surface area contributed by atoms with Gasteiger partial charge in [-0.15, -0.1) is 11.3 Å². The molecule has 182 valence electrons. The molecule has 36 heavy (non-hydrogen) atoms. The average Bonchev–Trinajstić information content (AvgIpc) is 3.38. The summed E-state index contributed by atoms with van der Waals surface area (Å²) >= 11 is 1.57. The molecule has 1 aliphatic carbocycles. The largest absolute Gasteiger partial charge is 0.350 e. The maximum Gasteiger partial charge on any atom is 0.274 e. The van der Waals surface area contributed by atoms with Crippen LogP contribution in [0.5, 0.6) is 0 Å². The monoisotopic (exact) mass is 496 g/mol. The molecule has 2 aromatic carbocycles. The SMILES string of the molecule is Cc1nc(C(=O)N2[C@H](CNC(=O)c3cccc4cccnc34)C[C@@H]3C[C@@H]32)c(-c2cccc(C)c2C)s1. The second-order valence-electron chi connectivity index (χ2n) is 9.91. The van der Waals surface area contributed by atoms with Crippen molar-refractivity contribution in [2.24, 2.45) is 5.92 Å². The highest BCUT2D eigenvalue weighted by Gasteiger charge is 2.54. The first-order valence-corrected chi connectivity index (χ1v) is 13.2. The number of hydrogen-bond acceptors (Lipinski definition) is 5. The van der Waals surface area contributed by atoms with Gasteiger partial charge < -0.3 is 10.2 Å². The number of para-hydroxylation sites is 1. The van der Waals surface area contributed by atoms with E-state index >= 15 is 0 Å². The number of aromatic nitrogens is 2. The van der Waals surface area contributed by atoms with E-state index in [1.807, 2.05) is 42.2 Å². The Morgan fingerprint density at radius 1 is 1.06 bits per heavy atom. The van der Waals surface area contributed by atoms with Crippen LogP contribution in [0.3, 0.4) is 0 Å². The number of piperidine rings is 1. The normalized spacial score (nSPS) is 20.4. The third-order valence-corrected chi connectivity index (χ3v) is 8.61. The first-order valence-electron chi connectivity index (χ1n) is 12.4. The van der Waals surface area contributed by atoms with Gasteiger partial charge in [-0.25, -0.2) is 4.98 Å². The number of benzene rings is 2. The van der Waals surface area contributed by atoms with Gasteiger partial charge in [0, 0.05) is 24.2 Å². The molecule has 7 heteroatoms. The molecule has 2 aromatic heterocycles. The van der Waals surface area contributed by atoms with Gasteiger partial charge in [0.25, 0.3) is 11.8 Å². The Kier molecular flexibility index (Phi) is 5.60. The molecule has 6 nitrogen and oxygen atoms in total. The summed E-state index contributed by atoms with van der Waals surface area (Å²) in [5.41, 5.74) is 5.23. The van der Waals surface area contributed by atoms with Crippen LogP contribution in [0.15, 0.2) is 54.7 Å². The van der Waals surface area contributed by atoms with E-state index in [1.54, 1.807) is 23.6 Å². The highest BCUT2D eigenvalue weighted by atomic mass is 32.1. The van der Waals surface area contributed by atoms with E-state index in [9.17, 15) is 9.59 Å². The van der Waals surface area contributed by atoms with E-state index < -0.39 is 0 Å². The highest BCUT2D eigenvalue weighted by Crippen LogP contribution is 2.49. The maximum absolute atomic E-state index is 13.9. The fraction of sp³-hybridized carbons (Fsp3) is 0.310. The van der Waals surface area contributed by atoms with E-state index in [-0.39, 0.29) is 23.9 Å². The molecular formula is C29H28N4O2S. The van der Waals surface area contributed by atoms with Crippen molar-refractivity contribution in [1.29, 1.82) is 0 Å². The molecule has 0 unspecified atom stereocenters. The summed E-state index contributed by atoms with van der Waals surface area (Å²) in [7, 11) is 0. The second-order valence-corrected chi connectivity index (χ2v) is 11.1. The fourth-order valence-electron chi connectivity index (χ4n) is 5.52. The summed E-state index contributed by atoms with van der Waals surface area (Å²) in [6.45, 7) is 6.56. The standard InChI is InChI=1S/C29H28N4O2S/c1-16-7-4-10-22(17(16)2)27-26(32-18(3)36-27)29(35)33-21(13-20-14-24(20)33)15-31-28(34)23-11-5-8-19-9-6-12-30-25(19)23/h4-12,20-21,24H,13-15H2,1-3H3,(H,31,34)/t20-,21+,24+/m1/s1. The van der Waals surface area contributed by atoms with Crippen molar-refractivity contribution < 1.29 is 9.59 Å². The van der Waals surface area contributed by atoms with Crippen LogP contribution in [-0.4, -0.2) is 45.3 Å². The zero-order valence-corrected chi connectivity index (χ0v) is 21.4. The summed E-state index contributed by atoms with van der Waals surface area (Å²) in [6, 6.07) is 15.8. The van der Waals surface area contributed by atoms with Gasteiger partial charge in [-0.3, -0.25) is 14.6 Å². The van der Waals surface area contributed by atoms with Crippen molar-refractivity contribution in [2.45, 2.75) is 45.7 Å². The lowest BCUT2D eigenvalue weighted by atomic mass is 10.0. The van der Waals surface area contributed by atoms with Crippen LogP contribution in [0.2, 0.25) is 0 Å². The van der Waals surface area contributed by atoms with Crippen molar-refractivity contribution in [3.8, 4) is 10.4 Å². The number of thiazole rings is 1. The average molecular weight is 497 g/mol. The molecule has 1 aliphatic heterocycles. The number of aryl methyl sites for hydroxylation is 2. The minimum absolute atomic E-state index is 0.0219. The Morgan fingerprint density at radius 3 is 2.72 bits per heavy atom. The first-order chi connectivity index (χ1) is 17.4. The van der Waals surface area contributed by atoms with E-state index in [0.717, 1.165) is 33.7 Å². The Hall–Kier alpha value is -3.58. The summed E-state index contributed by atoms with van der Waals surface area (Å²) in [5, 5.41) is 4.90. The number of nitrogens with zero attached hydrogens (tertiary/aromatic N) is 3. The summed E-state index contributed by atoms with van der Waals surface area (Å²) in [4.78, 5) is 39.1. The van der Waals surface area contributed by atoms with E-state index in [1.165, 1.54) is 11.1 Å². The number of likely N-dealkylation sites (tertiary alicyclic amines) is 1. The van der Waals surface area contributed by atoms with Crippen LogP contribution < -0.4 is 5.32 Å². The van der Waals surface area contributed by atoms with Gasteiger partial charge in [0.15, 0.2) is 0 Å². The molecule has 4 aromatic rings. The van der Waals surface area contributed by atoms with Gasteiger partial charge >= 0.3 is 0 Å². The van der Waals surface area contributed by atoms with Crippen molar-refractivity contribution >= 4 is 34.1 Å². The molecule has 0 bridgehead atoms. The van der Waals surface area contributed by atoms with Gasteiger partial charge in [0.05, 0.1) is 27.0 Å². The number of carbonyl (C=O) groups excluding carboxylic acids is 2. The molecule has 0 spiro atoms. The predicted octanol–water partition coefficient (Wildman–Crippen LogP) is 5.32. The van der Waals surface area contributed by atoms with Crippen LogP contribution in [0.1, 0.15) is 49.8 Å². The number of rotatable bonds is 5. The minimum Gasteiger partial charge on any atom is -0.350 e. The highest BCUT2D eigenvalue weighted by molar-refractivity contribution is 7.15. The topological polar surface area (TPSA) is 75.2 Å². The van der Waals surface area contributed by atoms with E-state index in [4.69, 9.17) is 4.98 Å². The second kappa shape index (κ2) is 8.82. The molecule has 3 heterocycles. The number of fused-ring (bicyclic) bond motifs is 2. The molecule has 2 fully saturated rings. The van der Waals surface area contributed by atoms with Crippen molar-refractivity contribution in [2.75, 3.05) is 6.54 Å². The molecule has 1 saturated heterocycles. The van der Waals surface area contributed by atoms with Crippen LogP contribution >= 0.6 is 11.3 Å². The van der Waals surface area contributed by atoms with Gasteiger partial charge in [0.2, 0.25) is 0 Å². The number of carbonyl (C=O) groups is 2. The lowest BCUT2D eigenvalue weighted by Gasteiger charge is -2.28. The van der Waals surface area contributed by atoms with Crippen LogP contribution in [0, 0.1) is 26.7 Å². The molecule has 2 amide bonds. The third-order valence-electron chi connectivity index (χ3n) is 7.61. The predicted molar refractivity (Wildman–Crippen MR) is 142 cm³/mol. The minimum atomic E-state index is -0.159. The first kappa shape index (κ1) is 22.9. The Balaban J connectivity index is 1.25. The molecule has 3 atom stereocenters. The van der Waals surface area contributed by atoms with Gasteiger partial charge in [-0.05, 0) is 68.4 Å². The Morgan fingerprint density at radius 2 is 1.86 bits per heavy atom. The van der Waals surface area contributed by atoms with Gasteiger partial charge in [-0.1, -0.05) is 36.4 Å². The van der Waals surface area contributed by atoms with E-state index in [0.29, 0.717) is 29.2 Å². The molecule has 6 rings (SSSR count). The summed E-state index contributed by atoms with van der Waals surface area (Å²) in [5.74, 6) is 0.332. The molecular weight excluding hydrogens is 468 g/mol. The molecule has 1 N–H and O–H groups in total. The fourth-order valence-corrected chi connectivity index (χ4v) is 6.52. The lowest BCUT2D eigenvalue weighted by molar-refractivity contribution is 0.0684. The maximum atomic E-state index is 13.9. The molecule has 0 radical (unpaired) electrons. The smallest absolute Gasteiger partial charge is 0.274 e. The lowest BCUT2D eigenvalue weighted by Crippen LogP contribution is -2.45. The van der Waals surface area contributed by atoms with Crippen molar-refractivity contribution in [3.63, 3.8) is 0 Å². The molecule has 2 aliphatic rings. The number of nitrogens with one attached hydrogen (secondary N) is 1. The molecule has 1 saturated carbocycles. The van der Waals surface area contributed by atoms with Crippen molar-refractivity contribution in [1.82, 2.24) is 20.2 Å². The third kappa shape index (κ3) is 3.88. The van der Waals surface area contributed by atoms with Gasteiger partial charge in [0.1, 0.15) is 5.69 Å². The Bertz CT molecular complexity index is 1510. The zero-order chi connectivity index (χ0) is 25.0. The number of pyridine rings is 1. The van der Waals surface area contributed by atoms with Crippen LogP contribution in [0.25, 0.3) is 21.3 Å². The quantitative estimate of drug-likeness (QED) is 0.406. The number of hydrogen-bond donors (Lipinski definition) is 1. The van der Waals surface area contributed by atoms with Crippen molar-refractivity contribution in [3.05, 3.63) is 82.1 Å². The van der Waals surface area contributed by atoms with Gasteiger partial charge in [-0.2, -0.15) is 0 Å². The summed E-state index contributed by atoms with van der Waals surface area (Å²) < 4.78 is 0.